The SMILES string of the molecule is CN(C)c1nc(N)nc(-c2cccc(F)c2)n1. The number of hydrogen-bond acceptors (Lipinski definition) is 5. The number of rotatable bonds is 2. The maximum atomic E-state index is 13.1. The molecule has 6 heteroatoms. The van der Waals surface area contributed by atoms with Crippen LogP contribution in [0, 0.1) is 5.82 Å². The van der Waals surface area contributed by atoms with E-state index in [2.05, 4.69) is 15.0 Å². The van der Waals surface area contributed by atoms with Crippen molar-refractivity contribution in [3.8, 4) is 11.4 Å². The summed E-state index contributed by atoms with van der Waals surface area (Å²) in [6.07, 6.45) is 0. The van der Waals surface area contributed by atoms with Gasteiger partial charge < -0.3 is 10.6 Å². The van der Waals surface area contributed by atoms with Crippen LogP contribution in [0.3, 0.4) is 0 Å². The lowest BCUT2D eigenvalue weighted by atomic mass is 10.2. The van der Waals surface area contributed by atoms with Gasteiger partial charge in [-0.3, -0.25) is 0 Å². The van der Waals surface area contributed by atoms with Gasteiger partial charge >= 0.3 is 0 Å². The summed E-state index contributed by atoms with van der Waals surface area (Å²) >= 11 is 0. The fourth-order valence-corrected chi connectivity index (χ4v) is 1.34. The molecule has 0 spiro atoms. The molecule has 0 aliphatic heterocycles. The second-order valence-corrected chi connectivity index (χ2v) is 3.72. The summed E-state index contributed by atoms with van der Waals surface area (Å²) in [5, 5.41) is 0. The first kappa shape index (κ1) is 11.3. The highest BCUT2D eigenvalue weighted by Crippen LogP contribution is 2.18. The summed E-state index contributed by atoms with van der Waals surface area (Å²) in [5.74, 6) is 0.577. The summed E-state index contributed by atoms with van der Waals surface area (Å²) in [6.45, 7) is 0. The zero-order chi connectivity index (χ0) is 12.4. The van der Waals surface area contributed by atoms with Crippen LogP contribution >= 0.6 is 0 Å². The first-order valence-electron chi connectivity index (χ1n) is 5.01. The minimum Gasteiger partial charge on any atom is -0.368 e. The standard InChI is InChI=1S/C11H12FN5/c1-17(2)11-15-9(14-10(13)16-11)7-4-3-5-8(12)6-7/h3-6H,1-2H3,(H2,13,14,15,16). The quantitative estimate of drug-likeness (QED) is 0.847. The fraction of sp³-hybridized carbons (Fsp3) is 0.182. The Kier molecular flexibility index (Phi) is 2.86. The van der Waals surface area contributed by atoms with Crippen LogP contribution in [0.2, 0.25) is 0 Å². The Morgan fingerprint density at radius 2 is 1.94 bits per heavy atom. The molecule has 1 aromatic heterocycles. The molecule has 0 saturated carbocycles. The number of nitrogens with two attached hydrogens (primary N) is 1. The van der Waals surface area contributed by atoms with Crippen molar-refractivity contribution in [3.05, 3.63) is 30.1 Å². The van der Waals surface area contributed by atoms with Gasteiger partial charge in [-0.25, -0.2) is 4.39 Å². The Morgan fingerprint density at radius 1 is 1.18 bits per heavy atom. The number of anilines is 2. The average Bonchev–Trinajstić information content (AvgIpc) is 2.28. The summed E-state index contributed by atoms with van der Waals surface area (Å²) in [7, 11) is 3.59. The molecule has 1 aromatic carbocycles. The van der Waals surface area contributed by atoms with Crippen LogP contribution in [-0.2, 0) is 0 Å². The first-order valence-corrected chi connectivity index (χ1v) is 5.01. The van der Waals surface area contributed by atoms with Gasteiger partial charge in [-0.1, -0.05) is 12.1 Å². The largest absolute Gasteiger partial charge is 0.368 e. The Bertz CT molecular complexity index is 541. The van der Waals surface area contributed by atoms with Crippen molar-refractivity contribution in [2.45, 2.75) is 0 Å². The van der Waals surface area contributed by atoms with E-state index in [0.717, 1.165) is 0 Å². The van der Waals surface area contributed by atoms with Gasteiger partial charge in [0.15, 0.2) is 5.82 Å². The van der Waals surface area contributed by atoms with E-state index < -0.39 is 0 Å². The van der Waals surface area contributed by atoms with E-state index in [1.165, 1.54) is 12.1 Å². The van der Waals surface area contributed by atoms with E-state index in [1.54, 1.807) is 31.1 Å². The van der Waals surface area contributed by atoms with Crippen molar-refractivity contribution in [2.75, 3.05) is 24.7 Å². The van der Waals surface area contributed by atoms with Crippen LogP contribution in [0.15, 0.2) is 24.3 Å². The highest BCUT2D eigenvalue weighted by molar-refractivity contribution is 5.57. The third-order valence-corrected chi connectivity index (χ3v) is 2.12. The van der Waals surface area contributed by atoms with Crippen LogP contribution in [0.25, 0.3) is 11.4 Å². The lowest BCUT2D eigenvalue weighted by Crippen LogP contribution is -2.15. The maximum Gasteiger partial charge on any atom is 0.230 e. The number of halogens is 1. The number of benzene rings is 1. The Balaban J connectivity index is 2.52. The molecule has 0 atom stereocenters. The summed E-state index contributed by atoms with van der Waals surface area (Å²) in [4.78, 5) is 13.9. The molecular formula is C11H12FN5. The topological polar surface area (TPSA) is 67.9 Å². The van der Waals surface area contributed by atoms with Crippen molar-refractivity contribution in [1.82, 2.24) is 15.0 Å². The van der Waals surface area contributed by atoms with E-state index in [9.17, 15) is 4.39 Å². The number of nitrogens with zero attached hydrogens (tertiary/aromatic N) is 4. The van der Waals surface area contributed by atoms with Crippen molar-refractivity contribution >= 4 is 11.9 Å². The molecule has 0 amide bonds. The second kappa shape index (κ2) is 4.32. The Labute approximate surface area is 98.1 Å². The summed E-state index contributed by atoms with van der Waals surface area (Å²) in [6, 6.07) is 6.03. The molecule has 0 unspecified atom stereocenters. The first-order chi connectivity index (χ1) is 8.06. The molecule has 0 saturated heterocycles. The van der Waals surface area contributed by atoms with Gasteiger partial charge in [0.05, 0.1) is 0 Å². The molecule has 0 aliphatic rings. The van der Waals surface area contributed by atoms with E-state index in [0.29, 0.717) is 17.3 Å². The smallest absolute Gasteiger partial charge is 0.230 e. The normalized spacial score (nSPS) is 10.3. The van der Waals surface area contributed by atoms with Crippen LogP contribution in [0.4, 0.5) is 16.3 Å². The maximum absolute atomic E-state index is 13.1. The highest BCUT2D eigenvalue weighted by Gasteiger charge is 2.08. The van der Waals surface area contributed by atoms with E-state index >= 15 is 0 Å². The third kappa shape index (κ3) is 2.47. The number of hydrogen-bond donors (Lipinski definition) is 1. The number of nitrogen functional groups attached to an aromatic ring is 1. The average molecular weight is 233 g/mol. The Hall–Kier alpha value is -2.24. The lowest BCUT2D eigenvalue weighted by Gasteiger charge is -2.11. The fourth-order valence-electron chi connectivity index (χ4n) is 1.34. The molecule has 0 bridgehead atoms. The molecule has 88 valence electrons. The molecule has 0 fully saturated rings. The van der Waals surface area contributed by atoms with Crippen molar-refractivity contribution < 1.29 is 4.39 Å². The summed E-state index contributed by atoms with van der Waals surface area (Å²) in [5.41, 5.74) is 6.16. The van der Waals surface area contributed by atoms with Crippen LogP contribution < -0.4 is 10.6 Å². The van der Waals surface area contributed by atoms with Gasteiger partial charge in [0, 0.05) is 19.7 Å². The lowest BCUT2D eigenvalue weighted by molar-refractivity contribution is 0.628. The van der Waals surface area contributed by atoms with E-state index in [-0.39, 0.29) is 11.8 Å². The summed E-state index contributed by atoms with van der Waals surface area (Å²) < 4.78 is 13.1. The molecule has 0 radical (unpaired) electrons. The van der Waals surface area contributed by atoms with Crippen LogP contribution in [0.1, 0.15) is 0 Å². The van der Waals surface area contributed by atoms with Gasteiger partial charge in [-0.15, -0.1) is 0 Å². The zero-order valence-corrected chi connectivity index (χ0v) is 9.55. The van der Waals surface area contributed by atoms with E-state index in [4.69, 9.17) is 5.73 Å². The molecule has 2 rings (SSSR count). The zero-order valence-electron chi connectivity index (χ0n) is 9.55. The van der Waals surface area contributed by atoms with E-state index in [1.807, 2.05) is 0 Å². The molecule has 0 aliphatic carbocycles. The molecule has 5 nitrogen and oxygen atoms in total. The second-order valence-electron chi connectivity index (χ2n) is 3.72. The van der Waals surface area contributed by atoms with Crippen LogP contribution in [-0.4, -0.2) is 29.0 Å². The molecule has 2 N–H and O–H groups in total. The minimum atomic E-state index is -0.340. The molecular weight excluding hydrogens is 221 g/mol. The number of aromatic nitrogens is 3. The van der Waals surface area contributed by atoms with Crippen molar-refractivity contribution in [3.63, 3.8) is 0 Å². The van der Waals surface area contributed by atoms with Gasteiger partial charge in [-0.2, -0.15) is 15.0 Å². The Morgan fingerprint density at radius 3 is 2.59 bits per heavy atom. The minimum absolute atomic E-state index is 0.114. The van der Waals surface area contributed by atoms with Gasteiger partial charge in [0.2, 0.25) is 11.9 Å². The molecule has 2 aromatic rings. The molecule has 1 heterocycles. The van der Waals surface area contributed by atoms with Crippen molar-refractivity contribution in [1.29, 1.82) is 0 Å². The van der Waals surface area contributed by atoms with Gasteiger partial charge in [0.25, 0.3) is 0 Å². The third-order valence-electron chi connectivity index (χ3n) is 2.12. The van der Waals surface area contributed by atoms with Crippen LogP contribution in [0.5, 0.6) is 0 Å². The highest BCUT2D eigenvalue weighted by atomic mass is 19.1. The van der Waals surface area contributed by atoms with Gasteiger partial charge in [0.1, 0.15) is 5.82 Å². The van der Waals surface area contributed by atoms with Crippen molar-refractivity contribution in [2.24, 2.45) is 0 Å². The van der Waals surface area contributed by atoms with Gasteiger partial charge in [-0.05, 0) is 12.1 Å². The predicted octanol–water partition coefficient (Wildman–Crippen LogP) is 1.33. The molecule has 17 heavy (non-hydrogen) atoms. The monoisotopic (exact) mass is 233 g/mol. The predicted molar refractivity (Wildman–Crippen MR) is 64.0 cm³/mol.